The third kappa shape index (κ3) is 23.5. The monoisotopic (exact) mass is 1900 g/mol. The second-order valence-electron chi connectivity index (χ2n) is 37.3. The lowest BCUT2D eigenvalue weighted by Gasteiger charge is -2.32. The maximum absolute atomic E-state index is 14.5. The minimum absolute atomic E-state index is 0.0244. The van der Waals surface area contributed by atoms with Crippen molar-refractivity contribution >= 4 is 124 Å². The predicted octanol–water partition coefficient (Wildman–Crippen LogP) is -13.0. The van der Waals surface area contributed by atoms with Crippen LogP contribution in [-0.4, -0.2) is 477 Å². The summed E-state index contributed by atoms with van der Waals surface area (Å²) >= 11 is 0. The highest BCUT2D eigenvalue weighted by atomic mass is 16.4. The van der Waals surface area contributed by atoms with E-state index >= 15 is 0 Å². The fourth-order valence-corrected chi connectivity index (χ4v) is 21.4. The number of likely N-dealkylation sites (tertiary alicyclic amines) is 12. The maximum atomic E-state index is 14.5. The number of β-amino-alcohol motifs (C(OH)–C–C–N with tert-alkyl or cyclic N) is 6. The van der Waals surface area contributed by atoms with Gasteiger partial charge in [-0.2, -0.15) is 0 Å². The summed E-state index contributed by atoms with van der Waals surface area (Å²) in [5, 5.41) is 96.5. The lowest BCUT2D eigenvalue weighted by atomic mass is 10.1. The smallest absolute Gasteiger partial charge is 0.322 e. The number of nitrogens with one attached hydrogen (secondary N) is 9. The quantitative estimate of drug-likeness (QED) is 0.0271. The largest absolute Gasteiger partial charge is 0.480 e. The average Bonchev–Trinajstić information content (AvgIpc) is 1.66. The predicted molar refractivity (Wildman–Crippen MR) is 460 cm³/mol. The van der Waals surface area contributed by atoms with Gasteiger partial charge in [0.25, 0.3) is 0 Å². The van der Waals surface area contributed by atoms with Crippen LogP contribution in [0.3, 0.4) is 0 Å². The molecule has 0 unspecified atom stereocenters. The van der Waals surface area contributed by atoms with Gasteiger partial charge < -0.3 is 148 Å². The normalized spacial score (nSPS) is 29.6. The molecule has 13 aliphatic heterocycles. The number of hydrogen-bond donors (Lipinski definition) is 17. The number of aliphatic hydroxyl groups excluding tert-OH is 6. The van der Waals surface area contributed by atoms with Gasteiger partial charge in [0.1, 0.15) is 85.1 Å². The van der Waals surface area contributed by atoms with E-state index in [0.29, 0.717) is 64.3 Å². The Balaban J connectivity index is 0.538. The topological polar surface area (TPSA) is 673 Å². The van der Waals surface area contributed by atoms with Crippen LogP contribution in [0.1, 0.15) is 148 Å². The molecule has 18 N–H and O–H groups in total. The van der Waals surface area contributed by atoms with Crippen molar-refractivity contribution in [1.29, 1.82) is 0 Å². The van der Waals surface area contributed by atoms with Gasteiger partial charge in [-0.15, -0.1) is 0 Å². The first-order valence-electron chi connectivity index (χ1n) is 47.1. The first-order chi connectivity index (χ1) is 64.5. The molecular formula is C85H126N22O28. The van der Waals surface area contributed by atoms with Crippen molar-refractivity contribution in [3.05, 3.63) is 0 Å². The molecule has 0 saturated carbocycles. The highest BCUT2D eigenvalue weighted by Crippen LogP contribution is 2.34. The van der Waals surface area contributed by atoms with Gasteiger partial charge in [-0.05, 0) is 122 Å². The zero-order chi connectivity index (χ0) is 97.1. The molecule has 0 bridgehead atoms. The minimum atomic E-state index is -1.35. The van der Waals surface area contributed by atoms with Crippen LogP contribution in [0.4, 0.5) is 0 Å². The van der Waals surface area contributed by atoms with Crippen molar-refractivity contribution in [1.82, 2.24) is 107 Å². The zero-order valence-corrected chi connectivity index (χ0v) is 75.3. The summed E-state index contributed by atoms with van der Waals surface area (Å²) in [6.45, 7) is -4.78. The zero-order valence-electron chi connectivity index (χ0n) is 75.3. The van der Waals surface area contributed by atoms with Crippen molar-refractivity contribution in [3.63, 3.8) is 0 Å². The molecule has 0 aromatic heterocycles. The van der Waals surface area contributed by atoms with Crippen molar-refractivity contribution in [2.75, 3.05) is 137 Å². The van der Waals surface area contributed by atoms with Crippen molar-refractivity contribution in [2.45, 2.75) is 269 Å². The number of nitrogens with zero attached hydrogens (tertiary/aromatic N) is 12. The number of rotatable bonds is 33. The first-order valence-corrected chi connectivity index (χ1v) is 47.1. The van der Waals surface area contributed by atoms with Crippen LogP contribution in [0.15, 0.2) is 0 Å². The third-order valence-corrected chi connectivity index (χ3v) is 28.2. The first kappa shape index (κ1) is 101. The number of nitrogens with two attached hydrogens (primary N) is 1. The van der Waals surface area contributed by atoms with Gasteiger partial charge in [-0.3, -0.25) is 101 Å². The Labute approximate surface area is 776 Å². The molecular weight excluding hydrogens is 1780 g/mol. The van der Waals surface area contributed by atoms with Crippen LogP contribution >= 0.6 is 0 Å². The molecule has 135 heavy (non-hydrogen) atoms. The van der Waals surface area contributed by atoms with E-state index in [4.69, 9.17) is 10.8 Å². The molecule has 13 heterocycles. The molecule has 50 nitrogen and oxygen atoms in total. The van der Waals surface area contributed by atoms with Crippen LogP contribution in [-0.2, 0) is 101 Å². The number of unbranched alkanes of at least 4 members (excludes halogenated alkanes) is 1. The van der Waals surface area contributed by atoms with Gasteiger partial charge in [0.15, 0.2) is 0 Å². The van der Waals surface area contributed by atoms with Gasteiger partial charge in [0.05, 0.1) is 81.9 Å². The second kappa shape index (κ2) is 45.0. The van der Waals surface area contributed by atoms with E-state index in [9.17, 15) is 131 Å². The summed E-state index contributed by atoms with van der Waals surface area (Å²) in [7, 11) is 0. The fraction of sp³-hybridized carbons (Fsp3) is 0.753. The maximum Gasteiger partial charge on any atom is 0.322 e. The third-order valence-electron chi connectivity index (χ3n) is 28.2. The van der Waals surface area contributed by atoms with E-state index in [2.05, 4.69) is 47.9 Å². The molecule has 13 rings (SSSR count). The van der Waals surface area contributed by atoms with E-state index in [0.717, 1.165) is 30.9 Å². The average molecular weight is 1900 g/mol. The van der Waals surface area contributed by atoms with Crippen LogP contribution in [0.5, 0.6) is 0 Å². The lowest BCUT2D eigenvalue weighted by molar-refractivity contribution is -0.148. The van der Waals surface area contributed by atoms with E-state index < -0.39 is 285 Å². The number of carbonyl (C=O) groups is 21. The Morgan fingerprint density at radius 1 is 0.281 bits per heavy atom. The van der Waals surface area contributed by atoms with Crippen molar-refractivity contribution in [2.24, 2.45) is 5.73 Å². The standard InChI is InChI=1S/C85H126N22O28/c86-18-2-1-10-51(95-79(129)53-12-4-20-96(53)65(114)33-89-74(124)60-27-46(109)40-103(60)82(132)55-14-6-22-98(55)67(116)34-90-73(123)59-26-45(108)39-102(59)80(130)52-11-3-19-87-52)72(122)88-32-66(115)97-21-5-13-54(97)81(131)104-41-47(110)28-61(104)75(125)91-35-68(117)99-23-7-15-56(99)83(133)105-42-48(111)29-62(105)76(126)92-36-69(118)100-24-8-16-57(100)84(134)106-43-49(112)30-63(106)77(127)93-37-70(119)101-25-9-17-58(101)85(135)107-44-50(113)31-64(107)78(128)94-38-71(120)121/h45-64,87,108-113H,1-44,86H2,(H,88,122)(H,89,124)(H,90,123)(H,91,125)(H,92,126)(H,93,127)(H,94,128)(H,95,129)(H,120,121)/t45-,46-,47-,48-,49-,50-,51+,52+,53+,54+,55+,56+,57+,58+,59+,60+,61+,62+,63+,64+/m1/s1. The molecule has 13 fully saturated rings. The van der Waals surface area contributed by atoms with Gasteiger partial charge in [-0.25, -0.2) is 0 Å². The molecule has 13 saturated heterocycles. The Kier molecular flexibility index (Phi) is 33.7. The van der Waals surface area contributed by atoms with E-state index in [1.807, 2.05) is 0 Å². The van der Waals surface area contributed by atoms with Gasteiger partial charge in [0, 0.05) is 117 Å². The van der Waals surface area contributed by atoms with Gasteiger partial charge in [-0.1, -0.05) is 0 Å². The number of aliphatic carboxylic acids is 1. The SMILES string of the molecule is NCCCC[C@H](NC(=O)[C@@H]1CCCN1C(=O)CNC(=O)[C@@H]1C[C@@H](O)CN1C(=O)[C@@H]1CCCN1C(=O)CNC(=O)[C@@H]1C[C@@H](O)CN1C(=O)[C@@H]1CCCN1)C(=O)NCC(=O)N1CCC[C@H]1C(=O)N1C[C@H](O)C[C@H]1C(=O)NCC(=O)N1CCC[C@H]1C(=O)N1C[C@H](O)C[C@H]1C(=O)NCC(=O)N1CCC[C@H]1C(=O)N1C[C@H](O)C[C@H]1C(=O)NCC(=O)N1CCC[C@H]1C(=O)N1C[C@H](O)C[C@H]1C(=O)NCC(=O)O. The molecule has 20 atom stereocenters. The minimum Gasteiger partial charge on any atom is -0.480 e. The lowest BCUT2D eigenvalue weighted by Crippen LogP contribution is -2.57. The Hall–Kier alpha value is -11.4. The Bertz CT molecular complexity index is 4540. The van der Waals surface area contributed by atoms with Gasteiger partial charge >= 0.3 is 5.97 Å². The fourth-order valence-electron chi connectivity index (χ4n) is 21.4. The van der Waals surface area contributed by atoms with E-state index in [1.54, 1.807) is 0 Å². The van der Waals surface area contributed by atoms with Crippen molar-refractivity contribution < 1.29 is 136 Å². The summed E-state index contributed by atoms with van der Waals surface area (Å²) in [5.74, 6) is -15.5. The number of amides is 20. The van der Waals surface area contributed by atoms with Crippen LogP contribution in [0.25, 0.3) is 0 Å². The van der Waals surface area contributed by atoms with Crippen LogP contribution in [0.2, 0.25) is 0 Å². The number of carboxylic acid groups (broad SMARTS) is 1. The molecule has 0 spiro atoms. The number of aliphatic hydroxyl groups is 6. The van der Waals surface area contributed by atoms with E-state index in [-0.39, 0.29) is 174 Å². The summed E-state index contributed by atoms with van der Waals surface area (Å²) < 4.78 is 0. The summed E-state index contributed by atoms with van der Waals surface area (Å²) in [6.07, 6.45) is -2.80. The highest BCUT2D eigenvalue weighted by Gasteiger charge is 2.53. The Morgan fingerprint density at radius 2 is 0.526 bits per heavy atom. The number of carbonyl (C=O) groups excluding carboxylic acids is 20. The molecule has 0 aromatic carbocycles. The Morgan fingerprint density at radius 3 is 0.778 bits per heavy atom. The van der Waals surface area contributed by atoms with Gasteiger partial charge in [0.2, 0.25) is 118 Å². The second-order valence-corrected chi connectivity index (χ2v) is 37.3. The van der Waals surface area contributed by atoms with Crippen molar-refractivity contribution in [3.8, 4) is 0 Å². The summed E-state index contributed by atoms with van der Waals surface area (Å²) in [4.78, 5) is 304. The summed E-state index contributed by atoms with van der Waals surface area (Å²) in [5.41, 5.74) is 5.80. The van der Waals surface area contributed by atoms with Crippen LogP contribution < -0.4 is 53.6 Å². The summed E-state index contributed by atoms with van der Waals surface area (Å²) in [6, 6.07) is -16.0. The molecule has 0 radical (unpaired) electrons. The molecule has 0 aromatic rings. The molecule has 0 aliphatic carbocycles. The number of carboxylic acids is 1. The molecule has 13 aliphatic rings. The van der Waals surface area contributed by atoms with E-state index in [1.165, 1.54) is 34.3 Å². The molecule has 20 amide bonds. The van der Waals surface area contributed by atoms with Crippen LogP contribution in [0, 0.1) is 0 Å². The number of hydrogen-bond acceptors (Lipinski definition) is 29. The highest BCUT2D eigenvalue weighted by molar-refractivity contribution is 6.02. The molecule has 744 valence electrons. The molecule has 50 heteroatoms.